The van der Waals surface area contributed by atoms with Gasteiger partial charge in [-0.3, -0.25) is 0 Å². The van der Waals surface area contributed by atoms with Gasteiger partial charge in [-0.2, -0.15) is 0 Å². The van der Waals surface area contributed by atoms with Crippen molar-refractivity contribution in [2.45, 2.75) is 0 Å². The van der Waals surface area contributed by atoms with E-state index in [9.17, 15) is 0 Å². The molecule has 0 spiro atoms. The van der Waals surface area contributed by atoms with Crippen LogP contribution in [0.15, 0.2) is 121 Å². The van der Waals surface area contributed by atoms with E-state index in [-0.39, 0.29) is 0 Å². The van der Waals surface area contributed by atoms with Gasteiger partial charge in [-0.1, -0.05) is 72.8 Å². The summed E-state index contributed by atoms with van der Waals surface area (Å²) in [5.41, 5.74) is 7.86. The summed E-state index contributed by atoms with van der Waals surface area (Å²) >= 11 is 0. The van der Waals surface area contributed by atoms with Crippen LogP contribution in [0.25, 0.3) is 78.7 Å². The number of H-pyrrole nitrogens is 2. The molecule has 9 rings (SSSR count). The number of benzene rings is 4. The Morgan fingerprint density at radius 1 is 0.333 bits per heavy atom. The van der Waals surface area contributed by atoms with E-state index < -0.39 is 0 Å². The van der Waals surface area contributed by atoms with E-state index in [2.05, 4.69) is 117 Å². The zero-order valence-electron chi connectivity index (χ0n) is 22.8. The Hall–Kier alpha value is -5.74. The van der Waals surface area contributed by atoms with Gasteiger partial charge >= 0.3 is 0 Å². The first-order valence-corrected chi connectivity index (χ1v) is 14.1. The molecule has 0 atom stereocenters. The highest BCUT2D eigenvalue weighted by Crippen LogP contribution is 2.30. The van der Waals surface area contributed by atoms with Gasteiger partial charge in [0.1, 0.15) is 0 Å². The number of hydrogen-bond donors (Lipinski definition) is 2. The van der Waals surface area contributed by atoms with Crippen molar-refractivity contribution in [3.8, 4) is 0 Å². The summed E-state index contributed by atoms with van der Waals surface area (Å²) in [7, 11) is 0. The lowest BCUT2D eigenvalue weighted by Gasteiger charge is -2.07. The number of hydrogen-bond acceptors (Lipinski definition) is 2. The zero-order valence-corrected chi connectivity index (χ0v) is 22.8. The molecule has 2 N–H and O–H groups in total. The fourth-order valence-corrected chi connectivity index (χ4v) is 5.71. The van der Waals surface area contributed by atoms with Crippen LogP contribution in [0.4, 0.5) is 0 Å². The van der Waals surface area contributed by atoms with Crippen LogP contribution in [0.1, 0.15) is 22.8 Å². The van der Waals surface area contributed by atoms with Gasteiger partial charge < -0.3 is 9.97 Å². The van der Waals surface area contributed by atoms with Gasteiger partial charge in [0.2, 0.25) is 0 Å². The van der Waals surface area contributed by atoms with Crippen molar-refractivity contribution in [2.24, 2.45) is 0 Å². The Kier molecular flexibility index (Phi) is 5.75. The van der Waals surface area contributed by atoms with Crippen LogP contribution in [0.5, 0.6) is 0 Å². The summed E-state index contributed by atoms with van der Waals surface area (Å²) in [6, 6.07) is 42.4. The first-order chi connectivity index (χ1) is 20.7. The van der Waals surface area contributed by atoms with Crippen molar-refractivity contribution < 1.29 is 0 Å². The van der Waals surface area contributed by atoms with Crippen LogP contribution in [0.2, 0.25) is 0 Å². The van der Waals surface area contributed by atoms with Crippen molar-refractivity contribution in [3.63, 3.8) is 0 Å². The predicted octanol–water partition coefficient (Wildman–Crippen LogP) is 9.80. The molecule has 0 saturated carbocycles. The van der Waals surface area contributed by atoms with E-state index in [1.165, 1.54) is 32.3 Å². The van der Waals surface area contributed by atoms with Gasteiger partial charge in [0.05, 0.1) is 22.8 Å². The Morgan fingerprint density at radius 3 is 1.07 bits per heavy atom. The van der Waals surface area contributed by atoms with Crippen LogP contribution in [0.3, 0.4) is 0 Å². The van der Waals surface area contributed by atoms with Gasteiger partial charge in [0.25, 0.3) is 0 Å². The third kappa shape index (κ3) is 4.65. The van der Waals surface area contributed by atoms with Crippen molar-refractivity contribution in [3.05, 3.63) is 144 Å². The topological polar surface area (TPSA) is 57.4 Å². The molecule has 0 saturated heterocycles. The molecule has 198 valence electrons. The van der Waals surface area contributed by atoms with Crippen LogP contribution >= 0.6 is 0 Å². The predicted molar refractivity (Wildman–Crippen MR) is 178 cm³/mol. The number of fused-ring (bicyclic) bond motifs is 13. The highest BCUT2D eigenvalue weighted by Gasteiger charge is 2.04. The molecule has 0 fully saturated rings. The summed E-state index contributed by atoms with van der Waals surface area (Å²) in [5.74, 6) is 0. The molecule has 4 nitrogen and oxygen atoms in total. The lowest BCUT2D eigenvalue weighted by Crippen LogP contribution is -1.79. The summed E-state index contributed by atoms with van der Waals surface area (Å²) < 4.78 is 0. The lowest BCUT2D eigenvalue weighted by atomic mass is 9.97. The second-order valence-corrected chi connectivity index (χ2v) is 10.6. The molecule has 42 heavy (non-hydrogen) atoms. The summed E-state index contributed by atoms with van der Waals surface area (Å²) in [6.45, 7) is 0. The van der Waals surface area contributed by atoms with Crippen molar-refractivity contribution in [1.82, 2.24) is 19.9 Å². The number of aromatic nitrogens is 4. The van der Waals surface area contributed by atoms with Gasteiger partial charge in [0, 0.05) is 22.1 Å². The second-order valence-electron chi connectivity index (χ2n) is 10.6. The number of nitrogens with one attached hydrogen (secondary N) is 2. The Morgan fingerprint density at radius 2 is 0.690 bits per heavy atom. The van der Waals surface area contributed by atoms with Crippen molar-refractivity contribution >= 4 is 78.7 Å². The summed E-state index contributed by atoms with van der Waals surface area (Å²) in [4.78, 5) is 16.0. The van der Waals surface area contributed by atoms with E-state index in [0.717, 1.165) is 44.8 Å². The largest absolute Gasteiger partial charge is 0.355 e. The number of nitrogens with zero attached hydrogens (tertiary/aromatic N) is 2. The maximum absolute atomic E-state index is 4.63. The SMILES string of the molecule is C1=Cc2cc3ccc(cc4nc(cc5ccc(cc1n2)[nH]5)C=C4)[nH]3.c1ccc2c(c1)ccc1c3ccccc3ccc21. The normalized spacial score (nSPS) is 12.1. The molecule has 2 aliphatic rings. The lowest BCUT2D eigenvalue weighted by molar-refractivity contribution is 1.31. The molecular formula is C38H26N4. The molecular weight excluding hydrogens is 512 g/mol. The quantitative estimate of drug-likeness (QED) is 0.189. The Bertz CT molecular complexity index is 2120. The fourth-order valence-electron chi connectivity index (χ4n) is 5.71. The molecule has 7 aromatic rings. The summed E-state index contributed by atoms with van der Waals surface area (Å²) in [5, 5.41) is 7.96. The van der Waals surface area contributed by atoms with E-state index in [1.54, 1.807) is 0 Å². The Balaban J connectivity index is 0.000000132. The number of rotatable bonds is 0. The third-order valence-electron chi connectivity index (χ3n) is 7.69. The molecule has 2 aliphatic heterocycles. The second kappa shape index (κ2) is 10.0. The average molecular weight is 539 g/mol. The van der Waals surface area contributed by atoms with E-state index in [0.29, 0.717) is 0 Å². The molecule has 3 aromatic heterocycles. The zero-order chi connectivity index (χ0) is 27.9. The monoisotopic (exact) mass is 538 g/mol. The third-order valence-corrected chi connectivity index (χ3v) is 7.69. The minimum atomic E-state index is 0.939. The average Bonchev–Trinajstić information content (AvgIpc) is 3.84. The molecule has 0 unspecified atom stereocenters. The standard InChI is InChI=1S/C20H14N4.C18H12/c1-2-14-10-16-5-6-18(23-16)12-20-8-7-19(24-20)11-17-4-3-15(22-17)9-13(1)21-14;1-3-7-15-13(5-1)9-11-18-16-8-4-2-6-14(16)10-12-17(15)18/h1-12,21,24H;1-12H. The van der Waals surface area contributed by atoms with Crippen LogP contribution in [0, 0.1) is 0 Å². The maximum atomic E-state index is 4.63. The molecule has 0 aliphatic carbocycles. The van der Waals surface area contributed by atoms with Gasteiger partial charge in [0.15, 0.2) is 0 Å². The van der Waals surface area contributed by atoms with E-state index in [4.69, 9.17) is 0 Å². The van der Waals surface area contributed by atoms with E-state index in [1.807, 2.05) is 48.6 Å². The summed E-state index contributed by atoms with van der Waals surface area (Å²) in [6.07, 6.45) is 8.09. The maximum Gasteiger partial charge on any atom is 0.0658 e. The highest BCUT2D eigenvalue weighted by atomic mass is 14.8. The molecule has 8 bridgehead atoms. The first kappa shape index (κ1) is 24.1. The van der Waals surface area contributed by atoms with Crippen LogP contribution in [-0.4, -0.2) is 19.9 Å². The van der Waals surface area contributed by atoms with Gasteiger partial charge in [-0.05, 0) is 105 Å². The van der Waals surface area contributed by atoms with E-state index >= 15 is 0 Å². The van der Waals surface area contributed by atoms with Crippen LogP contribution < -0.4 is 0 Å². The molecule has 0 radical (unpaired) electrons. The molecule has 0 amide bonds. The highest BCUT2D eigenvalue weighted by molar-refractivity contribution is 6.17. The van der Waals surface area contributed by atoms with Gasteiger partial charge in [-0.15, -0.1) is 0 Å². The first-order valence-electron chi connectivity index (χ1n) is 14.1. The Labute approximate surface area is 242 Å². The minimum absolute atomic E-state index is 0.939. The molecule has 4 aromatic carbocycles. The van der Waals surface area contributed by atoms with Crippen LogP contribution in [-0.2, 0) is 0 Å². The molecule has 5 heterocycles. The van der Waals surface area contributed by atoms with Crippen molar-refractivity contribution in [1.29, 1.82) is 0 Å². The number of aromatic amines is 2. The molecule has 4 heteroatoms. The fraction of sp³-hybridized carbons (Fsp3) is 0. The smallest absolute Gasteiger partial charge is 0.0658 e. The minimum Gasteiger partial charge on any atom is -0.355 e. The van der Waals surface area contributed by atoms with Gasteiger partial charge in [-0.25, -0.2) is 9.97 Å². The van der Waals surface area contributed by atoms with Crippen molar-refractivity contribution in [2.75, 3.05) is 0 Å².